The second-order valence-electron chi connectivity index (χ2n) is 7.45. The van der Waals surface area contributed by atoms with Gasteiger partial charge in [-0.3, -0.25) is 14.4 Å². The molecule has 0 saturated carbocycles. The maximum atomic E-state index is 13.0. The van der Waals surface area contributed by atoms with Gasteiger partial charge in [-0.05, 0) is 68.3 Å². The van der Waals surface area contributed by atoms with Crippen molar-refractivity contribution in [1.29, 1.82) is 0 Å². The average Bonchev–Trinajstić information content (AvgIpc) is 3.11. The summed E-state index contributed by atoms with van der Waals surface area (Å²) in [4.78, 5) is 37.1. The van der Waals surface area contributed by atoms with Gasteiger partial charge in [0.15, 0.2) is 15.6 Å². The molecule has 2 aromatic carbocycles. The van der Waals surface area contributed by atoms with Gasteiger partial charge in [-0.15, -0.1) is 0 Å². The van der Waals surface area contributed by atoms with Crippen molar-refractivity contribution >= 4 is 38.8 Å². The fourth-order valence-electron chi connectivity index (χ4n) is 3.49. The number of hydrogen-bond donors (Lipinski definition) is 1. The molecule has 0 aliphatic carbocycles. The van der Waals surface area contributed by atoms with Gasteiger partial charge in [0.05, 0.1) is 10.1 Å². The van der Waals surface area contributed by atoms with Gasteiger partial charge in [-0.25, -0.2) is 8.42 Å². The molecule has 0 unspecified atom stereocenters. The van der Waals surface area contributed by atoms with E-state index in [4.69, 9.17) is 0 Å². The zero-order valence-electron chi connectivity index (χ0n) is 17.1. The fraction of sp³-hybridized carbons (Fsp3) is 0.318. The van der Waals surface area contributed by atoms with E-state index in [2.05, 4.69) is 5.32 Å². The minimum atomic E-state index is -3.71. The van der Waals surface area contributed by atoms with Crippen LogP contribution in [0.1, 0.15) is 43.1 Å². The summed E-state index contributed by atoms with van der Waals surface area (Å²) in [5, 5.41) is 1.74. The Morgan fingerprint density at radius 2 is 1.73 bits per heavy atom. The standard InChI is InChI=1S/C22H24N2O5S/c1-14(12-22(27)23-19-6-4-17(5-7-19)15(2)25)30(28,29)20-8-9-21-18(13-20)10-11-24(21)16(3)26/h4-9,13-14H,10-12H2,1-3H3,(H,23,27)/t14-/m0/s1. The number of hydrogen-bond acceptors (Lipinski definition) is 5. The molecular formula is C22H24N2O5S. The number of rotatable bonds is 6. The van der Waals surface area contributed by atoms with Gasteiger partial charge in [0.25, 0.3) is 0 Å². The topological polar surface area (TPSA) is 101 Å². The Labute approximate surface area is 176 Å². The van der Waals surface area contributed by atoms with E-state index < -0.39 is 21.0 Å². The van der Waals surface area contributed by atoms with Crippen molar-refractivity contribution in [2.45, 2.75) is 43.8 Å². The van der Waals surface area contributed by atoms with Gasteiger partial charge in [-0.2, -0.15) is 0 Å². The molecule has 0 radical (unpaired) electrons. The lowest BCUT2D eigenvalue weighted by atomic mass is 10.1. The normalized spacial score (nSPS) is 14.2. The molecule has 158 valence electrons. The molecule has 0 fully saturated rings. The molecule has 1 heterocycles. The minimum Gasteiger partial charge on any atom is -0.326 e. The highest BCUT2D eigenvalue weighted by Gasteiger charge is 2.29. The number of amides is 2. The molecule has 0 saturated heterocycles. The molecule has 2 amide bonds. The first-order valence-electron chi connectivity index (χ1n) is 9.65. The van der Waals surface area contributed by atoms with Crippen LogP contribution in [0.3, 0.4) is 0 Å². The van der Waals surface area contributed by atoms with Crippen molar-refractivity contribution in [2.75, 3.05) is 16.8 Å². The van der Waals surface area contributed by atoms with Gasteiger partial charge in [-0.1, -0.05) is 0 Å². The van der Waals surface area contributed by atoms with E-state index in [0.29, 0.717) is 24.2 Å². The van der Waals surface area contributed by atoms with E-state index in [0.717, 1.165) is 11.3 Å². The second kappa shape index (κ2) is 8.39. The average molecular weight is 429 g/mol. The van der Waals surface area contributed by atoms with Gasteiger partial charge >= 0.3 is 0 Å². The second-order valence-corrected chi connectivity index (χ2v) is 9.82. The number of anilines is 2. The first-order valence-corrected chi connectivity index (χ1v) is 11.2. The maximum Gasteiger partial charge on any atom is 0.225 e. The van der Waals surface area contributed by atoms with Crippen molar-refractivity contribution < 1.29 is 22.8 Å². The smallest absolute Gasteiger partial charge is 0.225 e. The summed E-state index contributed by atoms with van der Waals surface area (Å²) in [6.07, 6.45) is 0.400. The zero-order chi connectivity index (χ0) is 22.1. The van der Waals surface area contributed by atoms with Crippen LogP contribution in [0.2, 0.25) is 0 Å². The van der Waals surface area contributed by atoms with Crippen LogP contribution in [0.5, 0.6) is 0 Å². The van der Waals surface area contributed by atoms with Crippen LogP contribution in [0, 0.1) is 0 Å². The molecule has 8 heteroatoms. The predicted octanol–water partition coefficient (Wildman–Crippen LogP) is 2.99. The molecule has 2 aromatic rings. The summed E-state index contributed by atoms with van der Waals surface area (Å²) in [5.74, 6) is -0.579. The van der Waals surface area contributed by atoms with Gasteiger partial charge in [0.1, 0.15) is 0 Å². The van der Waals surface area contributed by atoms with Crippen molar-refractivity contribution in [3.63, 3.8) is 0 Å². The van der Waals surface area contributed by atoms with Crippen molar-refractivity contribution in [3.8, 4) is 0 Å². The van der Waals surface area contributed by atoms with Gasteiger partial charge in [0, 0.05) is 36.8 Å². The van der Waals surface area contributed by atoms with Crippen molar-refractivity contribution in [3.05, 3.63) is 53.6 Å². The Hall–Kier alpha value is -3.00. The fourth-order valence-corrected chi connectivity index (χ4v) is 4.89. The lowest BCUT2D eigenvalue weighted by Crippen LogP contribution is -2.26. The molecule has 1 aliphatic rings. The number of fused-ring (bicyclic) bond motifs is 1. The monoisotopic (exact) mass is 428 g/mol. The van der Waals surface area contributed by atoms with Crippen molar-refractivity contribution in [1.82, 2.24) is 0 Å². The third-order valence-electron chi connectivity index (χ3n) is 5.23. The van der Waals surface area contributed by atoms with Crippen LogP contribution < -0.4 is 10.2 Å². The molecule has 1 aliphatic heterocycles. The Morgan fingerprint density at radius 1 is 1.07 bits per heavy atom. The van der Waals surface area contributed by atoms with E-state index in [1.807, 2.05) is 0 Å². The van der Waals surface area contributed by atoms with Gasteiger partial charge < -0.3 is 10.2 Å². The van der Waals surface area contributed by atoms with Crippen LogP contribution in [0.25, 0.3) is 0 Å². The minimum absolute atomic E-state index is 0.0756. The highest BCUT2D eigenvalue weighted by molar-refractivity contribution is 7.92. The number of benzene rings is 2. The lowest BCUT2D eigenvalue weighted by molar-refractivity contribution is -0.117. The number of carbonyl (C=O) groups excluding carboxylic acids is 3. The van der Waals surface area contributed by atoms with Crippen LogP contribution in [0.4, 0.5) is 11.4 Å². The number of ketones is 1. The first-order chi connectivity index (χ1) is 14.1. The Morgan fingerprint density at radius 3 is 2.33 bits per heavy atom. The molecule has 3 rings (SSSR count). The summed E-state index contributed by atoms with van der Waals surface area (Å²) in [7, 11) is -3.71. The number of nitrogens with one attached hydrogen (secondary N) is 1. The molecule has 1 N–H and O–H groups in total. The number of nitrogens with zero attached hydrogens (tertiary/aromatic N) is 1. The van der Waals surface area contributed by atoms with E-state index in [1.165, 1.54) is 26.8 Å². The molecule has 0 spiro atoms. The van der Waals surface area contributed by atoms with Crippen LogP contribution in [-0.4, -0.2) is 37.8 Å². The molecule has 30 heavy (non-hydrogen) atoms. The summed E-state index contributed by atoms with van der Waals surface area (Å²) in [6.45, 7) is 4.97. The van der Waals surface area contributed by atoms with E-state index in [-0.39, 0.29) is 23.0 Å². The highest BCUT2D eigenvalue weighted by atomic mass is 32.2. The van der Waals surface area contributed by atoms with E-state index in [9.17, 15) is 22.8 Å². The zero-order valence-corrected chi connectivity index (χ0v) is 18.0. The Balaban J connectivity index is 1.70. The number of carbonyl (C=O) groups is 3. The quantitative estimate of drug-likeness (QED) is 0.713. The van der Waals surface area contributed by atoms with E-state index >= 15 is 0 Å². The summed E-state index contributed by atoms with van der Waals surface area (Å²) in [5.41, 5.74) is 2.58. The molecule has 7 nitrogen and oxygen atoms in total. The maximum absolute atomic E-state index is 13.0. The Kier molecular flexibility index (Phi) is 6.07. The third-order valence-corrected chi connectivity index (χ3v) is 7.37. The third kappa shape index (κ3) is 4.43. The SMILES string of the molecule is CC(=O)c1ccc(NC(=O)C[C@H](C)S(=O)(=O)c2ccc3c(c2)CCN3C(C)=O)cc1. The molecule has 0 bridgehead atoms. The largest absolute Gasteiger partial charge is 0.326 e. The first kappa shape index (κ1) is 21.7. The predicted molar refractivity (Wildman–Crippen MR) is 115 cm³/mol. The summed E-state index contributed by atoms with van der Waals surface area (Å²) >= 11 is 0. The Bertz CT molecular complexity index is 1110. The van der Waals surface area contributed by atoms with Gasteiger partial charge in [0.2, 0.25) is 11.8 Å². The summed E-state index contributed by atoms with van der Waals surface area (Å²) in [6, 6.07) is 11.2. The molecule has 0 aromatic heterocycles. The van der Waals surface area contributed by atoms with Crippen LogP contribution in [-0.2, 0) is 25.8 Å². The molecular weight excluding hydrogens is 404 g/mol. The highest BCUT2D eigenvalue weighted by Crippen LogP contribution is 2.31. The lowest BCUT2D eigenvalue weighted by Gasteiger charge is -2.16. The van der Waals surface area contributed by atoms with Crippen LogP contribution in [0.15, 0.2) is 47.4 Å². The summed E-state index contributed by atoms with van der Waals surface area (Å²) < 4.78 is 25.9. The van der Waals surface area contributed by atoms with Crippen LogP contribution >= 0.6 is 0 Å². The molecule has 1 atom stereocenters. The van der Waals surface area contributed by atoms with E-state index in [1.54, 1.807) is 41.3 Å². The van der Waals surface area contributed by atoms with Crippen molar-refractivity contribution in [2.24, 2.45) is 0 Å². The number of sulfone groups is 1. The number of Topliss-reactive ketones (excluding diaryl/α,β-unsaturated/α-hetero) is 1.